The Kier molecular flexibility index (Phi) is 14.6. The van der Waals surface area contributed by atoms with Gasteiger partial charge in [-0.1, -0.05) is 111 Å². The van der Waals surface area contributed by atoms with Gasteiger partial charge in [-0.3, -0.25) is 19.2 Å². The SMILES string of the molecule is CCC(C)NC(=O)C(C(=O)O)(C(=O)NC(C)CC)C(CCCCOCc1ccccc1)C(=O)NC(c1ccccc1)c1ccccc1. The number of hydrogen-bond acceptors (Lipinski definition) is 5. The van der Waals surface area contributed by atoms with Crippen LogP contribution in [-0.4, -0.2) is 47.5 Å². The number of carboxylic acid groups (broad SMARTS) is 1. The topological polar surface area (TPSA) is 134 Å². The van der Waals surface area contributed by atoms with E-state index in [2.05, 4.69) is 16.0 Å². The minimum atomic E-state index is -2.72. The molecule has 4 N–H and O–H groups in total. The predicted molar refractivity (Wildman–Crippen MR) is 182 cm³/mol. The molecule has 3 rings (SSSR count). The van der Waals surface area contributed by atoms with Crippen molar-refractivity contribution in [1.29, 1.82) is 0 Å². The fourth-order valence-corrected chi connectivity index (χ4v) is 5.40. The van der Waals surface area contributed by atoms with Gasteiger partial charge in [0.05, 0.1) is 18.6 Å². The molecular formula is C38H49N3O6. The lowest BCUT2D eigenvalue weighted by Crippen LogP contribution is -2.64. The Morgan fingerprint density at radius 3 is 1.62 bits per heavy atom. The second-order valence-corrected chi connectivity index (χ2v) is 12.0. The van der Waals surface area contributed by atoms with E-state index in [1.165, 1.54) is 0 Å². The van der Waals surface area contributed by atoms with Crippen molar-refractivity contribution >= 4 is 23.7 Å². The summed E-state index contributed by atoms with van der Waals surface area (Å²) in [4.78, 5) is 56.1. The Balaban J connectivity index is 2.02. The third-order valence-corrected chi connectivity index (χ3v) is 8.57. The number of unbranched alkanes of at least 4 members (excludes halogenated alkanes) is 1. The summed E-state index contributed by atoms with van der Waals surface area (Å²) in [5.74, 6) is -5.91. The van der Waals surface area contributed by atoms with Crippen molar-refractivity contribution in [1.82, 2.24) is 16.0 Å². The Morgan fingerprint density at radius 2 is 1.17 bits per heavy atom. The van der Waals surface area contributed by atoms with E-state index >= 15 is 0 Å². The van der Waals surface area contributed by atoms with Gasteiger partial charge in [-0.25, -0.2) is 0 Å². The molecule has 0 aliphatic carbocycles. The standard InChI is InChI=1S/C38H49N3O6/c1-5-27(3)39-35(43)38(37(45)46,36(44)40-28(4)6-2)32(24-16-17-25-47-26-29-18-10-7-11-19-29)34(42)41-33(30-20-12-8-13-21-30)31-22-14-9-15-23-31/h7-15,18-23,27-28,32-33H,5-6,16-17,24-26H2,1-4H3,(H,39,43)(H,40,44)(H,41,42)(H,45,46). The largest absolute Gasteiger partial charge is 0.480 e. The number of carbonyl (C=O) groups is 4. The molecule has 0 heterocycles. The Hall–Kier alpha value is -4.50. The summed E-state index contributed by atoms with van der Waals surface area (Å²) in [7, 11) is 0. The van der Waals surface area contributed by atoms with Gasteiger partial charge in [0.1, 0.15) is 0 Å². The van der Waals surface area contributed by atoms with E-state index in [0.717, 1.165) is 16.7 Å². The summed E-state index contributed by atoms with van der Waals surface area (Å²) in [6.45, 7) is 7.92. The molecule has 0 fully saturated rings. The highest BCUT2D eigenvalue weighted by molar-refractivity contribution is 6.23. The lowest BCUT2D eigenvalue weighted by Gasteiger charge is -2.36. The highest BCUT2D eigenvalue weighted by Gasteiger charge is 2.61. The van der Waals surface area contributed by atoms with Crippen molar-refractivity contribution in [3.8, 4) is 0 Å². The first kappa shape index (κ1) is 37.0. The lowest BCUT2D eigenvalue weighted by atomic mass is 9.70. The van der Waals surface area contributed by atoms with E-state index in [1.54, 1.807) is 13.8 Å². The molecule has 3 aromatic carbocycles. The number of carbonyl (C=O) groups excluding carboxylic acids is 3. The molecular weight excluding hydrogens is 594 g/mol. The fraction of sp³-hybridized carbons (Fsp3) is 0.421. The van der Waals surface area contributed by atoms with Crippen LogP contribution in [0.1, 0.15) is 82.5 Å². The fourth-order valence-electron chi connectivity index (χ4n) is 5.40. The van der Waals surface area contributed by atoms with E-state index in [1.807, 2.05) is 105 Å². The van der Waals surface area contributed by atoms with Crippen LogP contribution in [0.4, 0.5) is 0 Å². The van der Waals surface area contributed by atoms with Gasteiger partial charge in [0, 0.05) is 18.7 Å². The van der Waals surface area contributed by atoms with E-state index in [-0.39, 0.29) is 6.42 Å². The van der Waals surface area contributed by atoms with Crippen LogP contribution in [0.5, 0.6) is 0 Å². The molecule has 0 aliphatic heterocycles. The van der Waals surface area contributed by atoms with Gasteiger partial charge >= 0.3 is 5.97 Å². The minimum Gasteiger partial charge on any atom is -0.480 e. The molecule has 0 aromatic heterocycles. The van der Waals surface area contributed by atoms with Gasteiger partial charge in [0.2, 0.25) is 23.1 Å². The third kappa shape index (κ3) is 9.99. The minimum absolute atomic E-state index is 0.0367. The molecule has 252 valence electrons. The van der Waals surface area contributed by atoms with Crippen LogP contribution in [0.2, 0.25) is 0 Å². The van der Waals surface area contributed by atoms with E-state index in [0.29, 0.717) is 38.9 Å². The Labute approximate surface area is 278 Å². The summed E-state index contributed by atoms with van der Waals surface area (Å²) in [5.41, 5.74) is -0.158. The van der Waals surface area contributed by atoms with E-state index in [4.69, 9.17) is 4.74 Å². The van der Waals surface area contributed by atoms with Crippen molar-refractivity contribution in [2.75, 3.05) is 6.61 Å². The predicted octanol–water partition coefficient (Wildman–Crippen LogP) is 5.80. The van der Waals surface area contributed by atoms with Crippen LogP contribution < -0.4 is 16.0 Å². The Bertz CT molecular complexity index is 1350. The highest BCUT2D eigenvalue weighted by Crippen LogP contribution is 2.36. The number of ether oxygens (including phenoxy) is 1. The van der Waals surface area contributed by atoms with Gasteiger partial charge < -0.3 is 25.8 Å². The summed E-state index contributed by atoms with van der Waals surface area (Å²) >= 11 is 0. The maximum atomic E-state index is 14.5. The molecule has 3 atom stereocenters. The molecule has 9 nitrogen and oxygen atoms in total. The average Bonchev–Trinajstić information content (AvgIpc) is 3.08. The quantitative estimate of drug-likeness (QED) is 0.0965. The molecule has 9 heteroatoms. The van der Waals surface area contributed by atoms with Gasteiger partial charge in [-0.15, -0.1) is 0 Å². The molecule has 0 aliphatic rings. The number of nitrogens with one attached hydrogen (secondary N) is 3. The summed E-state index contributed by atoms with van der Waals surface area (Å²) < 4.78 is 5.83. The van der Waals surface area contributed by atoms with E-state index < -0.39 is 53.1 Å². The van der Waals surface area contributed by atoms with Gasteiger partial charge in [0.25, 0.3) is 0 Å². The van der Waals surface area contributed by atoms with Crippen LogP contribution >= 0.6 is 0 Å². The summed E-state index contributed by atoms with van der Waals surface area (Å²) in [5, 5.41) is 19.3. The van der Waals surface area contributed by atoms with Crippen molar-refractivity contribution in [2.24, 2.45) is 11.3 Å². The van der Waals surface area contributed by atoms with Crippen molar-refractivity contribution in [2.45, 2.75) is 84.5 Å². The molecule has 3 aromatic rings. The molecule has 0 spiro atoms. The summed E-state index contributed by atoms with van der Waals surface area (Å²) in [6.07, 6.45) is 1.82. The second kappa shape index (κ2) is 18.6. The highest BCUT2D eigenvalue weighted by atomic mass is 16.5. The first-order chi connectivity index (χ1) is 22.6. The maximum absolute atomic E-state index is 14.5. The van der Waals surface area contributed by atoms with Gasteiger partial charge in [-0.2, -0.15) is 0 Å². The number of aliphatic carboxylic acids is 1. The molecule has 0 bridgehead atoms. The van der Waals surface area contributed by atoms with Crippen molar-refractivity contribution in [3.05, 3.63) is 108 Å². The van der Waals surface area contributed by atoms with Crippen LogP contribution in [0.15, 0.2) is 91.0 Å². The van der Waals surface area contributed by atoms with Crippen LogP contribution in [0.25, 0.3) is 0 Å². The smallest absolute Gasteiger partial charge is 0.329 e. The first-order valence-corrected chi connectivity index (χ1v) is 16.5. The average molecular weight is 644 g/mol. The van der Waals surface area contributed by atoms with Crippen molar-refractivity contribution < 1.29 is 29.0 Å². The zero-order valence-electron chi connectivity index (χ0n) is 27.9. The van der Waals surface area contributed by atoms with Crippen molar-refractivity contribution in [3.63, 3.8) is 0 Å². The second-order valence-electron chi connectivity index (χ2n) is 12.0. The lowest BCUT2D eigenvalue weighted by molar-refractivity contribution is -0.170. The normalized spacial score (nSPS) is 14.3. The summed E-state index contributed by atoms with van der Waals surface area (Å²) in [6, 6.07) is 26.8. The maximum Gasteiger partial charge on any atom is 0.329 e. The zero-order valence-corrected chi connectivity index (χ0v) is 27.9. The number of amides is 3. The third-order valence-electron chi connectivity index (χ3n) is 8.57. The zero-order chi connectivity index (χ0) is 34.2. The molecule has 3 unspecified atom stereocenters. The number of carboxylic acids is 1. The van der Waals surface area contributed by atoms with Crippen LogP contribution in [-0.2, 0) is 30.5 Å². The van der Waals surface area contributed by atoms with Gasteiger partial charge in [-0.05, 0) is 56.2 Å². The molecule has 0 radical (unpaired) electrons. The van der Waals surface area contributed by atoms with E-state index in [9.17, 15) is 24.3 Å². The van der Waals surface area contributed by atoms with Crippen LogP contribution in [0, 0.1) is 11.3 Å². The Morgan fingerprint density at radius 1 is 0.702 bits per heavy atom. The monoisotopic (exact) mass is 643 g/mol. The van der Waals surface area contributed by atoms with Gasteiger partial charge in [0.15, 0.2) is 0 Å². The molecule has 3 amide bonds. The number of rotatable bonds is 19. The molecule has 0 saturated carbocycles. The molecule has 0 saturated heterocycles. The number of hydrogen-bond donors (Lipinski definition) is 4. The first-order valence-electron chi connectivity index (χ1n) is 16.5. The number of benzene rings is 3. The molecule has 47 heavy (non-hydrogen) atoms. The van der Waals surface area contributed by atoms with Crippen LogP contribution in [0.3, 0.4) is 0 Å².